The van der Waals surface area contributed by atoms with Crippen molar-refractivity contribution in [1.82, 2.24) is 15.0 Å². The molecule has 1 aromatic carbocycles. The number of nitrogens with two attached hydrogens (primary N) is 1. The molecule has 0 aliphatic carbocycles. The highest BCUT2D eigenvalue weighted by molar-refractivity contribution is 5.84. The fourth-order valence-corrected chi connectivity index (χ4v) is 3.25. The number of nitrogen functional groups attached to an aromatic ring is 1. The van der Waals surface area contributed by atoms with Crippen molar-refractivity contribution in [2.24, 2.45) is 0 Å². The van der Waals surface area contributed by atoms with E-state index in [-0.39, 0.29) is 0 Å². The van der Waals surface area contributed by atoms with Gasteiger partial charge < -0.3 is 15.4 Å². The Hall–Kier alpha value is -2.89. The molecule has 0 spiro atoms. The molecule has 25 heavy (non-hydrogen) atoms. The number of para-hydroxylation sites is 1. The van der Waals surface area contributed by atoms with E-state index in [1.54, 1.807) is 6.20 Å². The molecule has 0 unspecified atom stereocenters. The zero-order valence-corrected chi connectivity index (χ0v) is 14.1. The van der Waals surface area contributed by atoms with E-state index < -0.39 is 0 Å². The van der Waals surface area contributed by atoms with Crippen molar-refractivity contribution in [2.45, 2.75) is 25.7 Å². The number of fused-ring (bicyclic) bond motifs is 1. The lowest BCUT2D eigenvalue weighted by Gasteiger charge is -2.23. The quantitative estimate of drug-likeness (QED) is 0.785. The van der Waals surface area contributed by atoms with Gasteiger partial charge in [-0.15, -0.1) is 0 Å². The van der Waals surface area contributed by atoms with Gasteiger partial charge in [0.25, 0.3) is 0 Å². The van der Waals surface area contributed by atoms with Crippen molar-refractivity contribution in [1.29, 1.82) is 0 Å². The Labute approximate surface area is 146 Å². The molecular weight excluding hydrogens is 314 g/mol. The van der Waals surface area contributed by atoms with Gasteiger partial charge >= 0.3 is 0 Å². The molecule has 3 heterocycles. The molecule has 0 amide bonds. The highest BCUT2D eigenvalue weighted by atomic mass is 16.5. The monoisotopic (exact) mass is 335 g/mol. The van der Waals surface area contributed by atoms with Crippen molar-refractivity contribution in [3.63, 3.8) is 0 Å². The molecule has 0 saturated carbocycles. The number of benzene rings is 1. The van der Waals surface area contributed by atoms with Crippen LogP contribution < -0.4 is 15.4 Å². The molecule has 4 rings (SSSR count). The van der Waals surface area contributed by atoms with E-state index in [9.17, 15) is 0 Å². The molecule has 1 fully saturated rings. The Bertz CT molecular complexity index is 869. The summed E-state index contributed by atoms with van der Waals surface area (Å²) < 4.78 is 6.02. The molecule has 6 heteroatoms. The molecule has 2 N–H and O–H groups in total. The normalized spacial score (nSPS) is 15.1. The third kappa shape index (κ3) is 3.20. The number of anilines is 2. The van der Waals surface area contributed by atoms with Gasteiger partial charge in [-0.2, -0.15) is 4.98 Å². The van der Waals surface area contributed by atoms with Gasteiger partial charge in [-0.05, 0) is 25.0 Å². The van der Waals surface area contributed by atoms with E-state index in [0.29, 0.717) is 17.3 Å². The van der Waals surface area contributed by atoms with Crippen LogP contribution in [-0.2, 0) is 0 Å². The SMILES string of the molecule is Nc1c(Oc2cccc3cccnc23)ncnc1N1CCCCCC1. The minimum atomic E-state index is 0.382. The minimum Gasteiger partial charge on any atom is -0.435 e. The second-order valence-corrected chi connectivity index (χ2v) is 6.25. The number of rotatable bonds is 3. The van der Waals surface area contributed by atoms with Gasteiger partial charge in [0.05, 0.1) is 0 Å². The van der Waals surface area contributed by atoms with Crippen molar-refractivity contribution >= 4 is 22.4 Å². The van der Waals surface area contributed by atoms with Crippen LogP contribution in [0.3, 0.4) is 0 Å². The predicted molar refractivity (Wildman–Crippen MR) is 98.9 cm³/mol. The largest absolute Gasteiger partial charge is 0.435 e. The number of pyridine rings is 1. The molecule has 2 aromatic heterocycles. The van der Waals surface area contributed by atoms with Gasteiger partial charge in [-0.25, -0.2) is 4.98 Å². The van der Waals surface area contributed by atoms with Gasteiger partial charge in [-0.1, -0.05) is 31.0 Å². The maximum absolute atomic E-state index is 6.35. The van der Waals surface area contributed by atoms with E-state index in [4.69, 9.17) is 10.5 Å². The Morgan fingerprint density at radius 3 is 2.56 bits per heavy atom. The molecule has 1 saturated heterocycles. The zero-order valence-electron chi connectivity index (χ0n) is 14.1. The second kappa shape index (κ2) is 6.93. The van der Waals surface area contributed by atoms with Gasteiger partial charge in [0.2, 0.25) is 5.88 Å². The summed E-state index contributed by atoms with van der Waals surface area (Å²) in [5.41, 5.74) is 7.62. The lowest BCUT2D eigenvalue weighted by Crippen LogP contribution is -2.26. The van der Waals surface area contributed by atoms with Crippen LogP contribution in [0.5, 0.6) is 11.6 Å². The van der Waals surface area contributed by atoms with Crippen LogP contribution in [0.1, 0.15) is 25.7 Å². The fraction of sp³-hybridized carbons (Fsp3) is 0.316. The van der Waals surface area contributed by atoms with E-state index in [1.165, 1.54) is 19.2 Å². The molecule has 6 nitrogen and oxygen atoms in total. The summed E-state index contributed by atoms with van der Waals surface area (Å²) in [5, 5.41) is 1.01. The lowest BCUT2D eigenvalue weighted by molar-refractivity contribution is 0.468. The average molecular weight is 335 g/mol. The first-order valence-corrected chi connectivity index (χ1v) is 8.70. The third-order valence-corrected chi connectivity index (χ3v) is 4.53. The fourth-order valence-electron chi connectivity index (χ4n) is 3.25. The van der Waals surface area contributed by atoms with Crippen LogP contribution in [0.4, 0.5) is 11.5 Å². The van der Waals surface area contributed by atoms with Crippen molar-refractivity contribution < 1.29 is 4.74 Å². The van der Waals surface area contributed by atoms with Crippen LogP contribution in [0.2, 0.25) is 0 Å². The summed E-state index contributed by atoms with van der Waals surface area (Å²) in [6.45, 7) is 1.94. The number of hydrogen-bond donors (Lipinski definition) is 1. The van der Waals surface area contributed by atoms with Gasteiger partial charge in [-0.3, -0.25) is 4.98 Å². The summed E-state index contributed by atoms with van der Waals surface area (Å²) in [4.78, 5) is 15.3. The maximum atomic E-state index is 6.35. The highest BCUT2D eigenvalue weighted by Crippen LogP contribution is 2.34. The number of aromatic nitrogens is 3. The molecule has 1 aliphatic rings. The van der Waals surface area contributed by atoms with Gasteiger partial charge in [0.15, 0.2) is 11.6 Å². The topological polar surface area (TPSA) is 77.2 Å². The van der Waals surface area contributed by atoms with Crippen LogP contribution in [0.15, 0.2) is 42.9 Å². The van der Waals surface area contributed by atoms with E-state index >= 15 is 0 Å². The van der Waals surface area contributed by atoms with Crippen LogP contribution in [-0.4, -0.2) is 28.0 Å². The molecule has 0 radical (unpaired) electrons. The molecule has 1 aliphatic heterocycles. The van der Waals surface area contributed by atoms with Gasteiger partial charge in [0.1, 0.15) is 17.5 Å². The standard InChI is InChI=1S/C19H21N5O/c20-16-18(24-11-3-1-2-4-12-24)22-13-23-19(16)25-15-9-5-7-14-8-6-10-21-17(14)15/h5-10,13H,1-4,11-12,20H2. The number of hydrogen-bond acceptors (Lipinski definition) is 6. The minimum absolute atomic E-state index is 0.382. The number of ether oxygens (including phenoxy) is 1. The molecule has 0 bridgehead atoms. The smallest absolute Gasteiger partial charge is 0.248 e. The van der Waals surface area contributed by atoms with Crippen LogP contribution in [0.25, 0.3) is 10.9 Å². The Kier molecular flexibility index (Phi) is 4.33. The van der Waals surface area contributed by atoms with E-state index in [2.05, 4.69) is 19.9 Å². The van der Waals surface area contributed by atoms with Crippen LogP contribution in [0, 0.1) is 0 Å². The summed E-state index contributed by atoms with van der Waals surface area (Å²) in [6, 6.07) is 9.72. The van der Waals surface area contributed by atoms with Crippen molar-refractivity contribution in [3.05, 3.63) is 42.9 Å². The maximum Gasteiger partial charge on any atom is 0.248 e. The summed E-state index contributed by atoms with van der Waals surface area (Å²) in [6.07, 6.45) is 8.10. The first-order chi connectivity index (χ1) is 12.3. The van der Waals surface area contributed by atoms with Crippen molar-refractivity contribution in [2.75, 3.05) is 23.7 Å². The highest BCUT2D eigenvalue weighted by Gasteiger charge is 2.18. The molecular formula is C19H21N5O. The van der Waals surface area contributed by atoms with Crippen molar-refractivity contribution in [3.8, 4) is 11.6 Å². The first-order valence-electron chi connectivity index (χ1n) is 8.70. The lowest BCUT2D eigenvalue weighted by atomic mass is 10.2. The summed E-state index contributed by atoms with van der Waals surface area (Å²) >= 11 is 0. The molecule has 0 atom stereocenters. The number of nitrogens with zero attached hydrogens (tertiary/aromatic N) is 4. The van der Waals surface area contributed by atoms with Gasteiger partial charge in [0, 0.05) is 24.7 Å². The first kappa shape index (κ1) is 15.6. The van der Waals surface area contributed by atoms with Crippen LogP contribution >= 0.6 is 0 Å². The Morgan fingerprint density at radius 2 is 1.72 bits per heavy atom. The second-order valence-electron chi connectivity index (χ2n) is 6.25. The Balaban J connectivity index is 1.67. The molecule has 128 valence electrons. The van der Waals surface area contributed by atoms with E-state index in [1.807, 2.05) is 30.3 Å². The Morgan fingerprint density at radius 1 is 0.920 bits per heavy atom. The summed E-state index contributed by atoms with van der Waals surface area (Å²) in [7, 11) is 0. The molecule has 3 aromatic rings. The average Bonchev–Trinajstić information content (AvgIpc) is 2.93. The predicted octanol–water partition coefficient (Wildman–Crippen LogP) is 3.78. The van der Waals surface area contributed by atoms with E-state index in [0.717, 1.165) is 42.7 Å². The zero-order chi connectivity index (χ0) is 17.1. The summed E-state index contributed by atoms with van der Waals surface area (Å²) in [5.74, 6) is 1.79. The third-order valence-electron chi connectivity index (χ3n) is 4.53.